The Balaban J connectivity index is 1.43. The highest BCUT2D eigenvalue weighted by Gasteiger charge is 2.12. The Bertz CT molecular complexity index is 1080. The summed E-state index contributed by atoms with van der Waals surface area (Å²) >= 11 is 3.06. The minimum atomic E-state index is 0.522. The van der Waals surface area contributed by atoms with E-state index in [2.05, 4.69) is 10.2 Å². The number of aromatic nitrogens is 3. The van der Waals surface area contributed by atoms with Gasteiger partial charge in [0.15, 0.2) is 11.5 Å². The van der Waals surface area contributed by atoms with Crippen LogP contribution >= 0.6 is 23.1 Å². The number of hydrogen-bond acceptors (Lipinski definition) is 8. The highest BCUT2D eigenvalue weighted by Crippen LogP contribution is 2.34. The van der Waals surface area contributed by atoms with Crippen LogP contribution < -0.4 is 9.47 Å². The van der Waals surface area contributed by atoms with E-state index in [-0.39, 0.29) is 0 Å². The summed E-state index contributed by atoms with van der Waals surface area (Å²) in [6, 6.07) is 15.6. The van der Waals surface area contributed by atoms with Gasteiger partial charge in [-0.3, -0.25) is 0 Å². The molecule has 0 atom stereocenters. The Kier molecular flexibility index (Phi) is 6.12. The second-order valence-corrected chi connectivity index (χ2v) is 7.76. The molecule has 0 aliphatic carbocycles. The van der Waals surface area contributed by atoms with E-state index in [1.807, 2.05) is 60.8 Å². The van der Waals surface area contributed by atoms with E-state index >= 15 is 0 Å². The Hall–Kier alpha value is -2.84. The molecule has 29 heavy (non-hydrogen) atoms. The second kappa shape index (κ2) is 9.11. The van der Waals surface area contributed by atoms with Gasteiger partial charge in [-0.05, 0) is 37.3 Å². The fraction of sp³-hybridized carbons (Fsp3) is 0.190. The normalized spacial score (nSPS) is 10.8. The van der Waals surface area contributed by atoms with Crippen molar-refractivity contribution >= 4 is 23.1 Å². The SMILES string of the molecule is CCOc1ccc(-c2nc(CSc3nnc(-c4ccccc4)o3)cs2)cc1OC. The number of nitrogens with zero attached hydrogens (tertiary/aromatic N) is 3. The first-order valence-corrected chi connectivity index (χ1v) is 10.9. The molecule has 0 amide bonds. The molecule has 0 radical (unpaired) electrons. The van der Waals surface area contributed by atoms with Gasteiger partial charge in [0.2, 0.25) is 5.89 Å². The molecule has 0 unspecified atom stereocenters. The first-order chi connectivity index (χ1) is 14.3. The quantitative estimate of drug-likeness (QED) is 0.342. The largest absolute Gasteiger partial charge is 0.493 e. The molecular formula is C21H19N3O3S2. The molecule has 2 aromatic heterocycles. The molecule has 0 saturated carbocycles. The highest BCUT2D eigenvalue weighted by atomic mass is 32.2. The van der Waals surface area contributed by atoms with Crippen molar-refractivity contribution in [2.24, 2.45) is 0 Å². The summed E-state index contributed by atoms with van der Waals surface area (Å²) in [4.78, 5) is 4.72. The third kappa shape index (κ3) is 4.60. The fourth-order valence-electron chi connectivity index (χ4n) is 2.68. The molecule has 148 valence electrons. The summed E-state index contributed by atoms with van der Waals surface area (Å²) in [5.74, 6) is 2.61. The number of ether oxygens (including phenoxy) is 2. The Labute approximate surface area is 176 Å². The van der Waals surface area contributed by atoms with E-state index in [0.717, 1.165) is 27.6 Å². The molecular weight excluding hydrogens is 406 g/mol. The lowest BCUT2D eigenvalue weighted by molar-refractivity contribution is 0.311. The third-order valence-corrected chi connectivity index (χ3v) is 5.83. The predicted molar refractivity (Wildman–Crippen MR) is 115 cm³/mol. The van der Waals surface area contributed by atoms with Crippen LogP contribution in [0.4, 0.5) is 0 Å². The molecule has 0 fully saturated rings. The molecule has 0 spiro atoms. The van der Waals surface area contributed by atoms with Crippen LogP contribution in [-0.2, 0) is 5.75 Å². The first kappa shape index (κ1) is 19.5. The molecule has 2 heterocycles. The second-order valence-electron chi connectivity index (χ2n) is 5.97. The molecule has 8 heteroatoms. The van der Waals surface area contributed by atoms with Crippen LogP contribution in [0.15, 0.2) is 63.6 Å². The van der Waals surface area contributed by atoms with Crippen LogP contribution in [0.2, 0.25) is 0 Å². The molecule has 6 nitrogen and oxygen atoms in total. The smallest absolute Gasteiger partial charge is 0.277 e. The van der Waals surface area contributed by atoms with E-state index in [1.165, 1.54) is 11.8 Å². The topological polar surface area (TPSA) is 70.3 Å². The van der Waals surface area contributed by atoms with Crippen molar-refractivity contribution in [1.82, 2.24) is 15.2 Å². The Morgan fingerprint density at radius 1 is 1.03 bits per heavy atom. The highest BCUT2D eigenvalue weighted by molar-refractivity contribution is 7.98. The molecule has 0 bridgehead atoms. The van der Waals surface area contributed by atoms with Crippen LogP contribution in [0.25, 0.3) is 22.0 Å². The maximum absolute atomic E-state index is 5.74. The van der Waals surface area contributed by atoms with E-state index in [0.29, 0.717) is 29.2 Å². The van der Waals surface area contributed by atoms with Gasteiger partial charge in [0.1, 0.15) is 5.01 Å². The van der Waals surface area contributed by atoms with Crippen molar-refractivity contribution in [2.75, 3.05) is 13.7 Å². The van der Waals surface area contributed by atoms with E-state index in [4.69, 9.17) is 18.9 Å². The number of benzene rings is 2. The zero-order valence-corrected chi connectivity index (χ0v) is 17.6. The maximum atomic E-state index is 5.74. The predicted octanol–water partition coefficient (Wildman–Crippen LogP) is 5.56. The average Bonchev–Trinajstić information content (AvgIpc) is 3.43. The Morgan fingerprint density at radius 2 is 1.90 bits per heavy atom. The lowest BCUT2D eigenvalue weighted by atomic mass is 10.2. The van der Waals surface area contributed by atoms with Crippen molar-refractivity contribution in [1.29, 1.82) is 0 Å². The van der Waals surface area contributed by atoms with Crippen LogP contribution in [0.3, 0.4) is 0 Å². The van der Waals surface area contributed by atoms with Crippen molar-refractivity contribution < 1.29 is 13.9 Å². The Morgan fingerprint density at radius 3 is 2.69 bits per heavy atom. The lowest BCUT2D eigenvalue weighted by Gasteiger charge is -2.09. The van der Waals surface area contributed by atoms with E-state index < -0.39 is 0 Å². The third-order valence-electron chi connectivity index (χ3n) is 4.03. The molecule has 0 aliphatic rings. The molecule has 0 aliphatic heterocycles. The van der Waals surface area contributed by atoms with Crippen LogP contribution in [0, 0.1) is 0 Å². The minimum Gasteiger partial charge on any atom is -0.493 e. The minimum absolute atomic E-state index is 0.522. The van der Waals surface area contributed by atoms with Crippen LogP contribution in [0.1, 0.15) is 12.6 Å². The standard InChI is InChI=1S/C21H19N3O3S2/c1-3-26-17-10-9-15(11-18(17)25-2)20-22-16(12-28-20)13-29-21-24-23-19(27-21)14-7-5-4-6-8-14/h4-12H,3,13H2,1-2H3. The first-order valence-electron chi connectivity index (χ1n) is 9.04. The maximum Gasteiger partial charge on any atom is 0.277 e. The van der Waals surface area contributed by atoms with Gasteiger partial charge in [-0.15, -0.1) is 21.5 Å². The summed E-state index contributed by atoms with van der Waals surface area (Å²) in [6.07, 6.45) is 0. The van der Waals surface area contributed by atoms with Gasteiger partial charge in [-0.2, -0.15) is 0 Å². The molecule has 2 aromatic carbocycles. The number of methoxy groups -OCH3 is 1. The summed E-state index contributed by atoms with van der Waals surface area (Å²) in [7, 11) is 1.64. The van der Waals surface area contributed by atoms with Gasteiger partial charge in [-0.1, -0.05) is 30.0 Å². The van der Waals surface area contributed by atoms with Crippen molar-refractivity contribution in [3.05, 3.63) is 59.6 Å². The van der Waals surface area contributed by atoms with Crippen LogP contribution in [0.5, 0.6) is 11.5 Å². The van der Waals surface area contributed by atoms with E-state index in [9.17, 15) is 0 Å². The monoisotopic (exact) mass is 425 g/mol. The van der Waals surface area contributed by atoms with E-state index in [1.54, 1.807) is 18.4 Å². The van der Waals surface area contributed by atoms with Crippen molar-refractivity contribution in [3.63, 3.8) is 0 Å². The summed E-state index contributed by atoms with van der Waals surface area (Å²) < 4.78 is 16.7. The van der Waals surface area contributed by atoms with Crippen molar-refractivity contribution in [2.45, 2.75) is 17.9 Å². The number of thiazole rings is 1. The fourth-order valence-corrected chi connectivity index (χ4v) is 4.26. The van der Waals surface area contributed by atoms with Gasteiger partial charge in [0, 0.05) is 22.3 Å². The van der Waals surface area contributed by atoms with Gasteiger partial charge in [0.25, 0.3) is 5.22 Å². The zero-order chi connectivity index (χ0) is 20.1. The zero-order valence-electron chi connectivity index (χ0n) is 16.0. The number of thioether (sulfide) groups is 1. The van der Waals surface area contributed by atoms with Crippen molar-refractivity contribution in [3.8, 4) is 33.5 Å². The van der Waals surface area contributed by atoms with Gasteiger partial charge < -0.3 is 13.9 Å². The number of rotatable bonds is 8. The summed E-state index contributed by atoms with van der Waals surface area (Å²) in [5.41, 5.74) is 2.87. The summed E-state index contributed by atoms with van der Waals surface area (Å²) in [5, 5.41) is 11.7. The van der Waals surface area contributed by atoms with Gasteiger partial charge in [0.05, 0.1) is 19.4 Å². The molecule has 0 N–H and O–H groups in total. The molecule has 4 aromatic rings. The average molecular weight is 426 g/mol. The molecule has 0 saturated heterocycles. The molecule has 4 rings (SSSR count). The summed E-state index contributed by atoms with van der Waals surface area (Å²) in [6.45, 7) is 2.54. The van der Waals surface area contributed by atoms with Gasteiger partial charge >= 0.3 is 0 Å². The van der Waals surface area contributed by atoms with Crippen LogP contribution in [-0.4, -0.2) is 28.9 Å². The van der Waals surface area contributed by atoms with Gasteiger partial charge in [-0.25, -0.2) is 4.98 Å². The number of hydrogen-bond donors (Lipinski definition) is 0. The lowest BCUT2D eigenvalue weighted by Crippen LogP contribution is -1.95.